The molecule has 1 saturated heterocycles. The van der Waals surface area contributed by atoms with Crippen LogP contribution >= 0.6 is 15.9 Å². The highest BCUT2D eigenvalue weighted by atomic mass is 79.9. The molecule has 19 heavy (non-hydrogen) atoms. The predicted octanol–water partition coefficient (Wildman–Crippen LogP) is 4.34. The average Bonchev–Trinajstić information content (AvgIpc) is 2.46. The van der Waals surface area contributed by atoms with Crippen molar-refractivity contribution in [2.24, 2.45) is 5.92 Å². The molecule has 1 heterocycles. The van der Waals surface area contributed by atoms with E-state index in [9.17, 15) is 0 Å². The summed E-state index contributed by atoms with van der Waals surface area (Å²) in [7, 11) is 0. The maximum absolute atomic E-state index is 5.97. The number of rotatable bonds is 5. The molecule has 1 unspecified atom stereocenters. The molecule has 0 radical (unpaired) electrons. The second-order valence-electron chi connectivity index (χ2n) is 5.50. The fourth-order valence-corrected chi connectivity index (χ4v) is 2.94. The molecule has 0 saturated carbocycles. The van der Waals surface area contributed by atoms with E-state index in [1.165, 1.54) is 24.8 Å². The molecular weight excluding hydrogens is 302 g/mol. The zero-order chi connectivity index (χ0) is 13.7. The summed E-state index contributed by atoms with van der Waals surface area (Å²) in [4.78, 5) is 0. The lowest BCUT2D eigenvalue weighted by Gasteiger charge is -2.23. The molecule has 0 bridgehead atoms. The molecule has 2 rings (SSSR count). The largest absolute Gasteiger partial charge is 0.492 e. The van der Waals surface area contributed by atoms with Gasteiger partial charge in [-0.05, 0) is 77.8 Å². The minimum absolute atomic E-state index is 0.606. The van der Waals surface area contributed by atoms with Crippen LogP contribution in [0.4, 0.5) is 0 Å². The van der Waals surface area contributed by atoms with E-state index in [0.29, 0.717) is 11.8 Å². The van der Waals surface area contributed by atoms with E-state index in [-0.39, 0.29) is 0 Å². The van der Waals surface area contributed by atoms with Crippen LogP contribution in [-0.2, 0) is 0 Å². The van der Waals surface area contributed by atoms with Gasteiger partial charge >= 0.3 is 0 Å². The Kier molecular flexibility index (Phi) is 5.71. The summed E-state index contributed by atoms with van der Waals surface area (Å²) in [6.07, 6.45) is 3.62. The summed E-state index contributed by atoms with van der Waals surface area (Å²) in [5.41, 5.74) is 1.38. The molecule has 1 aliphatic rings. The van der Waals surface area contributed by atoms with Crippen LogP contribution in [0.25, 0.3) is 0 Å². The number of hydrogen-bond donors (Lipinski definition) is 1. The van der Waals surface area contributed by atoms with Gasteiger partial charge in [-0.3, -0.25) is 0 Å². The van der Waals surface area contributed by atoms with Gasteiger partial charge in [-0.15, -0.1) is 0 Å². The van der Waals surface area contributed by atoms with Gasteiger partial charge in [-0.2, -0.15) is 0 Å². The first kappa shape index (κ1) is 14.9. The third-order valence-corrected chi connectivity index (χ3v) is 4.69. The minimum atomic E-state index is 0.606. The Morgan fingerprint density at radius 1 is 1.37 bits per heavy atom. The summed E-state index contributed by atoms with van der Waals surface area (Å²) >= 11 is 3.63. The molecule has 3 heteroatoms. The van der Waals surface area contributed by atoms with Gasteiger partial charge in [0.2, 0.25) is 0 Å². The van der Waals surface area contributed by atoms with E-state index in [1.807, 2.05) is 0 Å². The molecule has 1 aromatic carbocycles. The number of benzene rings is 1. The first-order valence-electron chi connectivity index (χ1n) is 7.33. The van der Waals surface area contributed by atoms with Crippen molar-refractivity contribution in [3.8, 4) is 5.75 Å². The Labute approximate surface area is 125 Å². The van der Waals surface area contributed by atoms with Crippen LogP contribution in [0, 0.1) is 5.92 Å². The number of nitrogens with one attached hydrogen (secondary N) is 1. The van der Waals surface area contributed by atoms with Gasteiger partial charge < -0.3 is 10.1 Å². The molecule has 2 nitrogen and oxygen atoms in total. The number of piperidine rings is 1. The first-order chi connectivity index (χ1) is 9.20. The topological polar surface area (TPSA) is 21.3 Å². The standard InChI is InChI=1S/C16H24BrNO/c1-3-12(2)14-4-5-16(15(17)10-14)19-11-13-6-8-18-9-7-13/h4-5,10,12-13,18H,3,6-9,11H2,1-2H3. The van der Waals surface area contributed by atoms with Crippen molar-refractivity contribution in [1.82, 2.24) is 5.32 Å². The van der Waals surface area contributed by atoms with Crippen LogP contribution in [-0.4, -0.2) is 19.7 Å². The smallest absolute Gasteiger partial charge is 0.133 e. The molecule has 0 amide bonds. The fraction of sp³-hybridized carbons (Fsp3) is 0.625. The molecule has 0 aromatic heterocycles. The van der Waals surface area contributed by atoms with Crippen LogP contribution in [0.2, 0.25) is 0 Å². The van der Waals surface area contributed by atoms with Crippen molar-refractivity contribution in [2.45, 2.75) is 39.0 Å². The highest BCUT2D eigenvalue weighted by Gasteiger charge is 2.14. The molecule has 1 N–H and O–H groups in total. The average molecular weight is 326 g/mol. The van der Waals surface area contributed by atoms with Gasteiger partial charge in [0.25, 0.3) is 0 Å². The van der Waals surface area contributed by atoms with Crippen LogP contribution in [0.5, 0.6) is 5.75 Å². The van der Waals surface area contributed by atoms with Crippen LogP contribution < -0.4 is 10.1 Å². The van der Waals surface area contributed by atoms with Gasteiger partial charge in [0, 0.05) is 0 Å². The van der Waals surface area contributed by atoms with Gasteiger partial charge in [-0.1, -0.05) is 19.9 Å². The summed E-state index contributed by atoms with van der Waals surface area (Å²) in [6.45, 7) is 7.57. The Morgan fingerprint density at radius 3 is 2.74 bits per heavy atom. The van der Waals surface area contributed by atoms with Gasteiger partial charge in [-0.25, -0.2) is 0 Å². The maximum atomic E-state index is 5.97. The number of ether oxygens (including phenoxy) is 1. The quantitative estimate of drug-likeness (QED) is 0.869. The third kappa shape index (κ3) is 4.22. The van der Waals surface area contributed by atoms with Crippen molar-refractivity contribution in [2.75, 3.05) is 19.7 Å². The van der Waals surface area contributed by atoms with E-state index >= 15 is 0 Å². The van der Waals surface area contributed by atoms with Gasteiger partial charge in [0.15, 0.2) is 0 Å². The molecule has 0 aliphatic carbocycles. The molecule has 1 atom stereocenters. The van der Waals surface area contributed by atoms with Crippen molar-refractivity contribution < 1.29 is 4.74 Å². The maximum Gasteiger partial charge on any atom is 0.133 e. The summed E-state index contributed by atoms with van der Waals surface area (Å²) in [5, 5.41) is 3.39. The van der Waals surface area contributed by atoms with E-state index in [0.717, 1.165) is 29.9 Å². The Hall–Kier alpha value is -0.540. The lowest BCUT2D eigenvalue weighted by atomic mass is 9.98. The lowest BCUT2D eigenvalue weighted by Crippen LogP contribution is -2.30. The van der Waals surface area contributed by atoms with Crippen LogP contribution in [0.3, 0.4) is 0 Å². The SMILES string of the molecule is CCC(C)c1ccc(OCC2CCNCC2)c(Br)c1. The summed E-state index contributed by atoms with van der Waals surface area (Å²) in [6, 6.07) is 6.50. The first-order valence-corrected chi connectivity index (χ1v) is 8.13. The molecule has 1 aromatic rings. The van der Waals surface area contributed by atoms with E-state index in [2.05, 4.69) is 53.3 Å². The van der Waals surface area contributed by atoms with E-state index < -0.39 is 0 Å². The monoisotopic (exact) mass is 325 g/mol. The molecular formula is C16H24BrNO. The van der Waals surface area contributed by atoms with Crippen molar-refractivity contribution >= 4 is 15.9 Å². The zero-order valence-corrected chi connectivity index (χ0v) is 13.5. The van der Waals surface area contributed by atoms with Gasteiger partial charge in [0.05, 0.1) is 11.1 Å². The lowest BCUT2D eigenvalue weighted by molar-refractivity contribution is 0.214. The number of halogens is 1. The summed E-state index contributed by atoms with van der Waals surface area (Å²) in [5.74, 6) is 2.28. The highest BCUT2D eigenvalue weighted by molar-refractivity contribution is 9.10. The van der Waals surface area contributed by atoms with Crippen molar-refractivity contribution in [3.05, 3.63) is 28.2 Å². The van der Waals surface area contributed by atoms with Crippen LogP contribution in [0.1, 0.15) is 44.6 Å². The van der Waals surface area contributed by atoms with Crippen molar-refractivity contribution in [3.63, 3.8) is 0 Å². The molecule has 1 aliphatic heterocycles. The fourth-order valence-electron chi connectivity index (χ4n) is 2.43. The van der Waals surface area contributed by atoms with E-state index in [1.54, 1.807) is 0 Å². The second-order valence-corrected chi connectivity index (χ2v) is 6.36. The third-order valence-electron chi connectivity index (χ3n) is 4.07. The Bertz CT molecular complexity index is 402. The number of hydrogen-bond acceptors (Lipinski definition) is 2. The summed E-state index contributed by atoms with van der Waals surface area (Å²) < 4.78 is 7.05. The van der Waals surface area contributed by atoms with Crippen LogP contribution in [0.15, 0.2) is 22.7 Å². The molecule has 1 fully saturated rings. The minimum Gasteiger partial charge on any atom is -0.492 e. The van der Waals surface area contributed by atoms with Crippen molar-refractivity contribution in [1.29, 1.82) is 0 Å². The Balaban J connectivity index is 1.93. The normalized spacial score (nSPS) is 18.3. The second kappa shape index (κ2) is 7.30. The zero-order valence-electron chi connectivity index (χ0n) is 11.9. The predicted molar refractivity (Wildman–Crippen MR) is 83.9 cm³/mol. The Morgan fingerprint density at radius 2 is 2.11 bits per heavy atom. The molecule has 106 valence electrons. The van der Waals surface area contributed by atoms with Gasteiger partial charge in [0.1, 0.15) is 5.75 Å². The van der Waals surface area contributed by atoms with E-state index in [4.69, 9.17) is 4.74 Å². The molecule has 0 spiro atoms. The highest BCUT2D eigenvalue weighted by Crippen LogP contribution is 2.30.